The number of aliphatic hydroxyl groups excluding tert-OH is 1. The molecular weight excluding hydrogens is 560 g/mol. The van der Waals surface area contributed by atoms with Crippen LogP contribution in [0.4, 0.5) is 17.1 Å². The number of carbonyl (C=O) groups excluding carboxylic acids is 2. The Kier molecular flexibility index (Phi) is 7.56. The number of hydrogen-bond donors (Lipinski definition) is 3. The molecular formula is C35H25ClN4O3. The Morgan fingerprint density at radius 3 is 2.40 bits per heavy atom. The van der Waals surface area contributed by atoms with Crippen LogP contribution in [0.3, 0.4) is 0 Å². The molecule has 1 aliphatic carbocycles. The number of nitrogens with zero attached hydrogens (tertiary/aromatic N) is 2. The maximum Gasteiger partial charge on any atom is 0.255 e. The van der Waals surface area contributed by atoms with Gasteiger partial charge in [0.25, 0.3) is 5.91 Å². The number of ketones is 1. The Morgan fingerprint density at radius 1 is 0.837 bits per heavy atom. The molecule has 5 aromatic rings. The number of Topliss-reactive ketones (excluding diaryl/α,β-unsaturated/α-hetero) is 1. The van der Waals surface area contributed by atoms with E-state index in [1.807, 2.05) is 67.6 Å². The van der Waals surface area contributed by atoms with Gasteiger partial charge in [-0.15, -0.1) is 0 Å². The normalized spacial score (nSPS) is 13.9. The van der Waals surface area contributed by atoms with Gasteiger partial charge in [0.2, 0.25) is 11.7 Å². The Labute approximate surface area is 252 Å². The van der Waals surface area contributed by atoms with Crippen molar-refractivity contribution in [3.8, 4) is 0 Å². The van der Waals surface area contributed by atoms with Crippen molar-refractivity contribution >= 4 is 68.8 Å². The second-order valence-corrected chi connectivity index (χ2v) is 10.4. The van der Waals surface area contributed by atoms with Crippen LogP contribution in [0.15, 0.2) is 125 Å². The Morgan fingerprint density at radius 2 is 1.56 bits per heavy atom. The predicted molar refractivity (Wildman–Crippen MR) is 174 cm³/mol. The molecule has 8 heteroatoms. The highest BCUT2D eigenvalue weighted by atomic mass is 35.5. The highest BCUT2D eigenvalue weighted by Crippen LogP contribution is 2.31. The zero-order valence-corrected chi connectivity index (χ0v) is 23.8. The number of benzene rings is 5. The molecule has 0 atom stereocenters. The average Bonchev–Trinajstić information content (AvgIpc) is 3.03. The molecule has 5 aromatic carbocycles. The second-order valence-electron chi connectivity index (χ2n) is 9.95. The molecule has 0 saturated heterocycles. The number of halogens is 1. The molecule has 0 aliphatic heterocycles. The average molecular weight is 585 g/mol. The van der Waals surface area contributed by atoms with E-state index in [2.05, 4.69) is 20.8 Å². The number of aliphatic hydroxyl groups is 1. The molecule has 0 saturated carbocycles. The summed E-state index contributed by atoms with van der Waals surface area (Å²) in [6.07, 6.45) is 1.62. The maximum absolute atomic E-state index is 13.7. The minimum Gasteiger partial charge on any atom is -0.493 e. The highest BCUT2D eigenvalue weighted by Gasteiger charge is 2.29. The van der Waals surface area contributed by atoms with Crippen LogP contribution in [0.25, 0.3) is 16.8 Å². The fraction of sp³-hybridized carbons (Fsp3) is 0.0286. The maximum atomic E-state index is 13.7. The van der Waals surface area contributed by atoms with Crippen molar-refractivity contribution < 1.29 is 14.7 Å². The number of aliphatic imine (C=N–C) groups is 1. The Balaban J connectivity index is 1.30. The molecule has 0 heterocycles. The lowest BCUT2D eigenvalue weighted by Crippen LogP contribution is -2.27. The fourth-order valence-corrected chi connectivity index (χ4v) is 5.08. The summed E-state index contributed by atoms with van der Waals surface area (Å²) in [4.78, 5) is 30.8. The van der Waals surface area contributed by atoms with Gasteiger partial charge in [0.15, 0.2) is 0 Å². The summed E-state index contributed by atoms with van der Waals surface area (Å²) < 4.78 is 0. The largest absolute Gasteiger partial charge is 0.493 e. The van der Waals surface area contributed by atoms with Crippen molar-refractivity contribution in [2.24, 2.45) is 10.1 Å². The molecule has 0 bridgehead atoms. The van der Waals surface area contributed by atoms with E-state index >= 15 is 0 Å². The second kappa shape index (κ2) is 11.8. The predicted octanol–water partition coefficient (Wildman–Crippen LogP) is 8.12. The standard InChI is InChI=1S/C35H25ClN4O3/c1-21-18-31(38-34(42)23-11-3-2-4-12-23)28(36)20-30(21)39-40-32-26-16-8-6-13-24(26)19-27(33(32)41)35(43)37-29-17-9-14-22-10-5-7-15-25(22)29/h2-20,39H,1H3,(H,37,43)(H,38,42)/b40-32-. The van der Waals surface area contributed by atoms with Crippen LogP contribution < -0.4 is 10.7 Å². The number of amides is 1. The Bertz CT molecular complexity index is 1990. The minimum absolute atomic E-state index is 0.0286. The fourth-order valence-electron chi connectivity index (χ4n) is 4.86. The first-order chi connectivity index (χ1) is 20.9. The first-order valence-corrected chi connectivity index (χ1v) is 13.9. The SMILES string of the molecule is Cc1cc(NC(=O)c2ccccc2)c(Cl)cc1N/N=C1\C(=O)C(C(O)=Nc2cccc3ccccc23)=Cc2ccccc21. The van der Waals surface area contributed by atoms with Gasteiger partial charge in [-0.3, -0.25) is 15.0 Å². The molecule has 0 radical (unpaired) electrons. The van der Waals surface area contributed by atoms with Crippen LogP contribution in [0.1, 0.15) is 27.0 Å². The monoisotopic (exact) mass is 584 g/mol. The van der Waals surface area contributed by atoms with Crippen molar-refractivity contribution in [1.29, 1.82) is 0 Å². The lowest BCUT2D eigenvalue weighted by Gasteiger charge is -2.18. The number of rotatable bonds is 6. The third kappa shape index (κ3) is 5.66. The summed E-state index contributed by atoms with van der Waals surface area (Å²) in [6.45, 7) is 1.83. The van der Waals surface area contributed by atoms with Crippen molar-refractivity contribution in [1.82, 2.24) is 0 Å². The van der Waals surface area contributed by atoms with E-state index in [9.17, 15) is 14.7 Å². The molecule has 0 unspecified atom stereocenters. The zero-order valence-electron chi connectivity index (χ0n) is 23.0. The van der Waals surface area contributed by atoms with E-state index < -0.39 is 11.7 Å². The number of carbonyl (C=O) groups is 2. The molecule has 210 valence electrons. The van der Waals surface area contributed by atoms with E-state index in [0.29, 0.717) is 38.8 Å². The van der Waals surface area contributed by atoms with E-state index in [1.165, 1.54) is 0 Å². The summed E-state index contributed by atoms with van der Waals surface area (Å²) in [6, 6.07) is 32.8. The third-order valence-electron chi connectivity index (χ3n) is 7.10. The van der Waals surface area contributed by atoms with Gasteiger partial charge < -0.3 is 10.4 Å². The van der Waals surface area contributed by atoms with Crippen molar-refractivity contribution in [2.45, 2.75) is 6.92 Å². The smallest absolute Gasteiger partial charge is 0.255 e. The van der Waals surface area contributed by atoms with E-state index in [4.69, 9.17) is 11.6 Å². The van der Waals surface area contributed by atoms with Crippen LogP contribution in [-0.4, -0.2) is 28.4 Å². The van der Waals surface area contributed by atoms with Gasteiger partial charge >= 0.3 is 0 Å². The van der Waals surface area contributed by atoms with E-state index in [1.54, 1.807) is 54.6 Å². The number of nitrogens with one attached hydrogen (secondary N) is 2. The summed E-state index contributed by atoms with van der Waals surface area (Å²) in [7, 11) is 0. The molecule has 1 amide bonds. The van der Waals surface area contributed by atoms with Crippen LogP contribution in [0.2, 0.25) is 5.02 Å². The van der Waals surface area contributed by atoms with Gasteiger partial charge in [-0.25, -0.2) is 4.99 Å². The molecule has 3 N–H and O–H groups in total. The van der Waals surface area contributed by atoms with Gasteiger partial charge in [-0.1, -0.05) is 90.5 Å². The lowest BCUT2D eigenvalue weighted by molar-refractivity contribution is -0.109. The third-order valence-corrected chi connectivity index (χ3v) is 7.41. The lowest BCUT2D eigenvalue weighted by atomic mass is 9.89. The molecule has 0 aromatic heterocycles. The van der Waals surface area contributed by atoms with Crippen LogP contribution in [0.5, 0.6) is 0 Å². The van der Waals surface area contributed by atoms with Gasteiger partial charge in [0.05, 0.1) is 27.7 Å². The molecule has 7 nitrogen and oxygen atoms in total. The van der Waals surface area contributed by atoms with Gasteiger partial charge in [-0.2, -0.15) is 5.10 Å². The molecule has 0 spiro atoms. The number of hydrazone groups is 1. The molecule has 0 fully saturated rings. The molecule has 43 heavy (non-hydrogen) atoms. The topological polar surface area (TPSA) is 103 Å². The van der Waals surface area contributed by atoms with E-state index in [-0.39, 0.29) is 17.2 Å². The van der Waals surface area contributed by atoms with Gasteiger partial charge in [0.1, 0.15) is 5.71 Å². The number of aryl methyl sites for hydroxylation is 1. The zero-order chi connectivity index (χ0) is 29.9. The summed E-state index contributed by atoms with van der Waals surface area (Å²) in [5.41, 5.74) is 7.22. The minimum atomic E-state index is -0.483. The van der Waals surface area contributed by atoms with Crippen LogP contribution >= 0.6 is 11.6 Å². The number of hydrogen-bond acceptors (Lipinski definition) is 5. The first-order valence-electron chi connectivity index (χ1n) is 13.5. The van der Waals surface area contributed by atoms with Crippen molar-refractivity contribution in [3.05, 3.63) is 142 Å². The number of fused-ring (bicyclic) bond motifs is 2. The summed E-state index contributed by atoms with van der Waals surface area (Å²) in [5.74, 6) is -1.17. The summed E-state index contributed by atoms with van der Waals surface area (Å²) in [5, 5.41) is 20.5. The number of anilines is 2. The Hall–Kier alpha value is -5.53. The molecule has 6 rings (SSSR count). The van der Waals surface area contributed by atoms with E-state index in [0.717, 1.165) is 16.3 Å². The quantitative estimate of drug-likeness (QED) is 0.106. The first kappa shape index (κ1) is 27.6. The van der Waals surface area contributed by atoms with Crippen LogP contribution in [-0.2, 0) is 4.79 Å². The summed E-state index contributed by atoms with van der Waals surface area (Å²) >= 11 is 6.52. The van der Waals surface area contributed by atoms with Crippen molar-refractivity contribution in [2.75, 3.05) is 10.7 Å². The van der Waals surface area contributed by atoms with Gasteiger partial charge in [0, 0.05) is 16.5 Å². The van der Waals surface area contributed by atoms with Crippen LogP contribution in [0, 0.1) is 6.92 Å². The van der Waals surface area contributed by atoms with Crippen molar-refractivity contribution in [3.63, 3.8) is 0 Å². The highest BCUT2D eigenvalue weighted by molar-refractivity contribution is 6.58. The molecule has 1 aliphatic rings. The van der Waals surface area contributed by atoms with Gasteiger partial charge in [-0.05, 0) is 59.8 Å².